The molecule has 1 aromatic carbocycles. The van der Waals surface area contributed by atoms with Crippen LogP contribution in [0, 0.1) is 0 Å². The zero-order chi connectivity index (χ0) is 19.5. The van der Waals surface area contributed by atoms with Crippen LogP contribution in [0.4, 0.5) is 0 Å². The fourth-order valence-corrected chi connectivity index (χ4v) is 3.25. The SMILES string of the molecule is O=C(O)COCC=CCN1C(=O)CCCC1CCC(=O)Cc1ccccc1. The molecule has 6 nitrogen and oxygen atoms in total. The lowest BCUT2D eigenvalue weighted by Gasteiger charge is -2.35. The average molecular weight is 373 g/mol. The monoisotopic (exact) mass is 373 g/mol. The molecule has 0 radical (unpaired) electrons. The molecule has 1 aliphatic rings. The summed E-state index contributed by atoms with van der Waals surface area (Å²) < 4.78 is 4.94. The molecular formula is C21H27NO5. The highest BCUT2D eigenvalue weighted by Gasteiger charge is 2.27. The lowest BCUT2D eigenvalue weighted by molar-refractivity contribution is -0.141. The van der Waals surface area contributed by atoms with Gasteiger partial charge >= 0.3 is 5.97 Å². The summed E-state index contributed by atoms with van der Waals surface area (Å²) in [6.07, 6.45) is 7.44. The van der Waals surface area contributed by atoms with Gasteiger partial charge in [0.05, 0.1) is 6.61 Å². The van der Waals surface area contributed by atoms with Gasteiger partial charge < -0.3 is 14.7 Å². The Hall–Kier alpha value is -2.47. The predicted octanol–water partition coefficient (Wildman–Crippen LogP) is 2.62. The Morgan fingerprint density at radius 3 is 2.74 bits per heavy atom. The lowest BCUT2D eigenvalue weighted by atomic mass is 9.95. The Balaban J connectivity index is 1.78. The summed E-state index contributed by atoms with van der Waals surface area (Å²) in [5.41, 5.74) is 1.02. The molecule has 1 aliphatic heterocycles. The van der Waals surface area contributed by atoms with Crippen LogP contribution in [0.3, 0.4) is 0 Å². The minimum Gasteiger partial charge on any atom is -0.480 e. The number of carboxylic acids is 1. The van der Waals surface area contributed by atoms with E-state index in [9.17, 15) is 14.4 Å². The Bertz CT molecular complexity index is 656. The summed E-state index contributed by atoms with van der Waals surface area (Å²) in [7, 11) is 0. The number of amides is 1. The Morgan fingerprint density at radius 1 is 1.22 bits per heavy atom. The van der Waals surface area contributed by atoms with Crippen molar-refractivity contribution in [2.24, 2.45) is 0 Å². The zero-order valence-electron chi connectivity index (χ0n) is 15.5. The first-order valence-corrected chi connectivity index (χ1v) is 9.36. The number of nitrogens with zero attached hydrogens (tertiary/aromatic N) is 1. The van der Waals surface area contributed by atoms with Crippen LogP contribution < -0.4 is 0 Å². The van der Waals surface area contributed by atoms with Crippen LogP contribution in [-0.2, 0) is 25.5 Å². The molecule has 27 heavy (non-hydrogen) atoms. The molecule has 1 amide bonds. The van der Waals surface area contributed by atoms with E-state index in [0.717, 1.165) is 18.4 Å². The molecule has 6 heteroatoms. The number of hydrogen-bond donors (Lipinski definition) is 1. The van der Waals surface area contributed by atoms with Crippen LogP contribution in [0.5, 0.6) is 0 Å². The third-order valence-corrected chi connectivity index (χ3v) is 4.60. The quantitative estimate of drug-likeness (QED) is 0.476. The van der Waals surface area contributed by atoms with Crippen LogP contribution in [0.25, 0.3) is 0 Å². The molecule has 0 bridgehead atoms. The van der Waals surface area contributed by atoms with Crippen LogP contribution in [0.15, 0.2) is 42.5 Å². The number of carboxylic acid groups (broad SMARTS) is 1. The summed E-state index contributed by atoms with van der Waals surface area (Å²) >= 11 is 0. The van der Waals surface area contributed by atoms with Gasteiger partial charge in [-0.25, -0.2) is 4.79 Å². The smallest absolute Gasteiger partial charge is 0.329 e. The van der Waals surface area contributed by atoms with Crippen molar-refractivity contribution in [3.8, 4) is 0 Å². The fourth-order valence-electron chi connectivity index (χ4n) is 3.25. The van der Waals surface area contributed by atoms with Crippen molar-refractivity contribution in [3.63, 3.8) is 0 Å². The van der Waals surface area contributed by atoms with Crippen molar-refractivity contribution in [2.45, 2.75) is 44.6 Å². The summed E-state index contributed by atoms with van der Waals surface area (Å²) in [5, 5.41) is 8.51. The number of benzene rings is 1. The fraction of sp³-hybridized carbons (Fsp3) is 0.476. The summed E-state index contributed by atoms with van der Waals surface area (Å²) in [4.78, 5) is 36.7. The Labute approximate surface area is 159 Å². The van der Waals surface area contributed by atoms with Gasteiger partial charge in [0, 0.05) is 31.8 Å². The largest absolute Gasteiger partial charge is 0.480 e. The highest BCUT2D eigenvalue weighted by atomic mass is 16.5. The number of aliphatic carboxylic acids is 1. The predicted molar refractivity (Wildman–Crippen MR) is 101 cm³/mol. The van der Waals surface area contributed by atoms with Crippen LogP contribution in [0.1, 0.15) is 37.7 Å². The molecule has 2 rings (SSSR count). The first kappa shape index (κ1) is 20.8. The van der Waals surface area contributed by atoms with Crippen molar-refractivity contribution in [2.75, 3.05) is 19.8 Å². The van der Waals surface area contributed by atoms with E-state index in [1.807, 2.05) is 41.3 Å². The van der Waals surface area contributed by atoms with Gasteiger partial charge in [-0.1, -0.05) is 42.5 Å². The molecule has 1 saturated heterocycles. The number of likely N-dealkylation sites (tertiary alicyclic amines) is 1. The van der Waals surface area contributed by atoms with Gasteiger partial charge in [0.25, 0.3) is 0 Å². The maximum Gasteiger partial charge on any atom is 0.329 e. The van der Waals surface area contributed by atoms with Gasteiger partial charge in [0.1, 0.15) is 12.4 Å². The van der Waals surface area contributed by atoms with E-state index >= 15 is 0 Å². The van der Waals surface area contributed by atoms with E-state index in [1.165, 1.54) is 0 Å². The molecule has 1 unspecified atom stereocenters. The summed E-state index contributed by atoms with van der Waals surface area (Å²) in [6, 6.07) is 9.76. The minimum absolute atomic E-state index is 0.0792. The second-order valence-corrected chi connectivity index (χ2v) is 6.71. The molecule has 0 saturated carbocycles. The van der Waals surface area contributed by atoms with Gasteiger partial charge in [-0.15, -0.1) is 0 Å². The number of carbonyl (C=O) groups excluding carboxylic acids is 2. The first-order valence-electron chi connectivity index (χ1n) is 9.36. The number of ether oxygens (including phenoxy) is 1. The van der Waals surface area contributed by atoms with E-state index in [-0.39, 0.29) is 30.9 Å². The zero-order valence-corrected chi connectivity index (χ0v) is 15.5. The highest BCUT2D eigenvalue weighted by molar-refractivity contribution is 5.81. The molecule has 0 aliphatic carbocycles. The van der Waals surface area contributed by atoms with Crippen molar-refractivity contribution in [1.29, 1.82) is 0 Å². The van der Waals surface area contributed by atoms with Gasteiger partial charge in [0.2, 0.25) is 5.91 Å². The van der Waals surface area contributed by atoms with Crippen molar-refractivity contribution >= 4 is 17.7 Å². The highest BCUT2D eigenvalue weighted by Crippen LogP contribution is 2.22. The van der Waals surface area contributed by atoms with E-state index in [1.54, 1.807) is 6.08 Å². The summed E-state index contributed by atoms with van der Waals surface area (Å²) in [6.45, 7) is 0.334. The second kappa shape index (κ2) is 11.3. The molecule has 1 heterocycles. The molecule has 0 aromatic heterocycles. The lowest BCUT2D eigenvalue weighted by Crippen LogP contribution is -2.43. The third-order valence-electron chi connectivity index (χ3n) is 4.60. The van der Waals surface area contributed by atoms with E-state index in [4.69, 9.17) is 9.84 Å². The molecular weight excluding hydrogens is 346 g/mol. The summed E-state index contributed by atoms with van der Waals surface area (Å²) in [5.74, 6) is -0.704. The van der Waals surface area contributed by atoms with E-state index in [2.05, 4.69) is 0 Å². The molecule has 0 spiro atoms. The number of hydrogen-bond acceptors (Lipinski definition) is 4. The van der Waals surface area contributed by atoms with Crippen LogP contribution >= 0.6 is 0 Å². The number of Topliss-reactive ketones (excluding diaryl/α,β-unsaturated/α-hetero) is 1. The molecule has 1 fully saturated rings. The molecule has 146 valence electrons. The standard InChI is InChI=1S/C21H27NO5/c23-19(15-17-7-2-1-3-8-17)12-11-18-9-6-10-20(24)22(18)13-4-5-14-27-16-21(25)26/h1-5,7-8,18H,6,9-16H2,(H,25,26). The van der Waals surface area contributed by atoms with Gasteiger partial charge in [-0.3, -0.25) is 9.59 Å². The van der Waals surface area contributed by atoms with E-state index < -0.39 is 5.97 Å². The maximum absolute atomic E-state index is 12.2. The first-order chi connectivity index (χ1) is 13.1. The van der Waals surface area contributed by atoms with Crippen LogP contribution in [-0.4, -0.2) is 53.5 Å². The number of rotatable bonds is 11. The normalized spacial score (nSPS) is 17.4. The number of carbonyl (C=O) groups is 3. The maximum atomic E-state index is 12.2. The second-order valence-electron chi connectivity index (χ2n) is 6.71. The topological polar surface area (TPSA) is 83.9 Å². The van der Waals surface area contributed by atoms with Crippen molar-refractivity contribution in [3.05, 3.63) is 48.0 Å². The van der Waals surface area contributed by atoms with Gasteiger partial charge in [0.15, 0.2) is 0 Å². The average Bonchev–Trinajstić information content (AvgIpc) is 2.65. The number of piperidine rings is 1. The Morgan fingerprint density at radius 2 is 2.00 bits per heavy atom. The Kier molecular flexibility index (Phi) is 8.71. The molecule has 1 aromatic rings. The van der Waals surface area contributed by atoms with E-state index in [0.29, 0.717) is 32.2 Å². The minimum atomic E-state index is -1.00. The van der Waals surface area contributed by atoms with Crippen LogP contribution in [0.2, 0.25) is 0 Å². The van der Waals surface area contributed by atoms with Gasteiger partial charge in [-0.05, 0) is 24.8 Å². The third kappa shape index (κ3) is 7.74. The van der Waals surface area contributed by atoms with Gasteiger partial charge in [-0.2, -0.15) is 0 Å². The van der Waals surface area contributed by atoms with Crippen molar-refractivity contribution < 1.29 is 24.2 Å². The van der Waals surface area contributed by atoms with Crippen molar-refractivity contribution in [1.82, 2.24) is 4.90 Å². The molecule has 1 atom stereocenters. The molecule has 1 N–H and O–H groups in total. The number of ketones is 1.